The van der Waals surface area contributed by atoms with Crippen LogP contribution in [0.3, 0.4) is 0 Å². The summed E-state index contributed by atoms with van der Waals surface area (Å²) in [6, 6.07) is 24.5. The van der Waals surface area contributed by atoms with Crippen LogP contribution in [0.5, 0.6) is 5.75 Å². The van der Waals surface area contributed by atoms with Crippen molar-refractivity contribution in [1.82, 2.24) is 4.98 Å². The Labute approximate surface area is 142 Å². The van der Waals surface area contributed by atoms with Gasteiger partial charge in [0.25, 0.3) is 0 Å². The highest BCUT2D eigenvalue weighted by atomic mass is 32.1. The normalized spacial score (nSPS) is 11.5. The Bertz CT molecular complexity index is 1190. The fraction of sp³-hybridized carbons (Fsp3) is 0. The summed E-state index contributed by atoms with van der Waals surface area (Å²) in [6.45, 7) is 0. The first-order valence-electron chi connectivity index (χ1n) is 7.80. The van der Waals surface area contributed by atoms with Crippen LogP contribution in [0.2, 0.25) is 0 Å². The zero-order valence-electron chi connectivity index (χ0n) is 12.7. The number of thiazole rings is 1. The summed E-state index contributed by atoms with van der Waals surface area (Å²) in [7, 11) is 0. The maximum atomic E-state index is 10.9. The molecule has 1 heterocycles. The van der Waals surface area contributed by atoms with Gasteiger partial charge >= 0.3 is 0 Å². The highest BCUT2D eigenvalue weighted by Crippen LogP contribution is 2.40. The standard InChI is InChI=1S/C21H13NOS/c23-20-16(21-22-18-7-3-4-8-19(18)24-21)10-9-15-11-13-5-1-2-6-14(13)12-17(15)20/h1-12,23H. The second-order valence-corrected chi connectivity index (χ2v) is 6.90. The first-order chi connectivity index (χ1) is 11.8. The summed E-state index contributed by atoms with van der Waals surface area (Å²) in [5, 5.41) is 15.9. The van der Waals surface area contributed by atoms with E-state index >= 15 is 0 Å². The first kappa shape index (κ1) is 13.5. The number of aromatic nitrogens is 1. The van der Waals surface area contributed by atoms with E-state index in [0.717, 1.165) is 36.9 Å². The van der Waals surface area contributed by atoms with Crippen LogP contribution in [0.25, 0.3) is 42.3 Å². The second kappa shape index (κ2) is 5.05. The average Bonchev–Trinajstić information content (AvgIpc) is 3.04. The molecule has 0 aliphatic heterocycles. The highest BCUT2D eigenvalue weighted by Gasteiger charge is 2.13. The monoisotopic (exact) mass is 327 g/mol. The minimum absolute atomic E-state index is 0.303. The summed E-state index contributed by atoms with van der Waals surface area (Å²) in [5.41, 5.74) is 1.76. The van der Waals surface area contributed by atoms with Crippen LogP contribution in [-0.2, 0) is 0 Å². The Morgan fingerprint density at radius 3 is 2.33 bits per heavy atom. The number of nitrogens with zero attached hydrogens (tertiary/aromatic N) is 1. The van der Waals surface area contributed by atoms with Gasteiger partial charge in [-0.25, -0.2) is 4.98 Å². The third-order valence-corrected chi connectivity index (χ3v) is 5.45. The highest BCUT2D eigenvalue weighted by molar-refractivity contribution is 7.21. The van der Waals surface area contributed by atoms with Crippen molar-refractivity contribution in [3.63, 3.8) is 0 Å². The van der Waals surface area contributed by atoms with E-state index in [2.05, 4.69) is 41.4 Å². The van der Waals surface area contributed by atoms with E-state index in [1.54, 1.807) is 11.3 Å². The molecule has 0 aliphatic carbocycles. The molecule has 5 aromatic rings. The van der Waals surface area contributed by atoms with Crippen molar-refractivity contribution < 1.29 is 5.11 Å². The van der Waals surface area contributed by atoms with E-state index in [4.69, 9.17) is 0 Å². The maximum Gasteiger partial charge on any atom is 0.133 e. The summed E-state index contributed by atoms with van der Waals surface area (Å²) in [4.78, 5) is 4.67. The maximum absolute atomic E-state index is 10.9. The molecular weight excluding hydrogens is 314 g/mol. The SMILES string of the molecule is Oc1c(-c2nc3ccccc3s2)ccc2cc3ccccc3cc12. The van der Waals surface area contributed by atoms with Crippen LogP contribution in [0.4, 0.5) is 0 Å². The van der Waals surface area contributed by atoms with Crippen molar-refractivity contribution in [2.24, 2.45) is 0 Å². The van der Waals surface area contributed by atoms with Crippen LogP contribution >= 0.6 is 11.3 Å². The molecule has 0 amide bonds. The number of hydrogen-bond donors (Lipinski definition) is 1. The first-order valence-corrected chi connectivity index (χ1v) is 8.62. The van der Waals surface area contributed by atoms with Gasteiger partial charge in [0, 0.05) is 5.39 Å². The number of phenolic OH excluding ortho intramolecular Hbond substituents is 1. The van der Waals surface area contributed by atoms with Crippen molar-refractivity contribution >= 4 is 43.1 Å². The largest absolute Gasteiger partial charge is 0.507 e. The lowest BCUT2D eigenvalue weighted by atomic mass is 10.0. The van der Waals surface area contributed by atoms with Gasteiger partial charge in [-0.3, -0.25) is 0 Å². The second-order valence-electron chi connectivity index (χ2n) is 5.87. The van der Waals surface area contributed by atoms with E-state index < -0.39 is 0 Å². The topological polar surface area (TPSA) is 33.1 Å². The minimum atomic E-state index is 0.303. The molecule has 24 heavy (non-hydrogen) atoms. The summed E-state index contributed by atoms with van der Waals surface area (Å²) >= 11 is 1.61. The van der Waals surface area contributed by atoms with Gasteiger partial charge in [0.15, 0.2) is 0 Å². The van der Waals surface area contributed by atoms with E-state index in [1.165, 1.54) is 5.39 Å². The molecule has 0 bridgehead atoms. The fourth-order valence-corrected chi connectivity index (χ4v) is 4.15. The molecule has 0 unspecified atom stereocenters. The Morgan fingerprint density at radius 1 is 0.750 bits per heavy atom. The van der Waals surface area contributed by atoms with Gasteiger partial charge in [-0.05, 0) is 46.5 Å². The lowest BCUT2D eigenvalue weighted by Gasteiger charge is -2.07. The van der Waals surface area contributed by atoms with Crippen molar-refractivity contribution in [1.29, 1.82) is 0 Å². The van der Waals surface area contributed by atoms with Gasteiger partial charge in [-0.2, -0.15) is 0 Å². The zero-order valence-corrected chi connectivity index (χ0v) is 13.5. The lowest BCUT2D eigenvalue weighted by molar-refractivity contribution is 0.483. The van der Waals surface area contributed by atoms with E-state index in [1.807, 2.05) is 36.4 Å². The molecule has 0 radical (unpaired) electrons. The smallest absolute Gasteiger partial charge is 0.133 e. The molecule has 1 N–H and O–H groups in total. The summed E-state index contributed by atoms with van der Waals surface area (Å²) in [6.07, 6.45) is 0. The number of benzene rings is 4. The Morgan fingerprint density at radius 2 is 1.50 bits per heavy atom. The molecule has 5 rings (SSSR count). The number of phenols is 1. The van der Waals surface area contributed by atoms with Gasteiger partial charge in [0.05, 0.1) is 15.8 Å². The zero-order chi connectivity index (χ0) is 16.1. The molecule has 4 aromatic carbocycles. The predicted octanol–water partition coefficient (Wildman–Crippen LogP) is 5.98. The number of hydrogen-bond acceptors (Lipinski definition) is 3. The van der Waals surface area contributed by atoms with E-state index in [9.17, 15) is 5.11 Å². The molecule has 1 aromatic heterocycles. The predicted molar refractivity (Wildman–Crippen MR) is 102 cm³/mol. The summed E-state index contributed by atoms with van der Waals surface area (Å²) < 4.78 is 1.13. The fourth-order valence-electron chi connectivity index (χ4n) is 3.16. The van der Waals surface area contributed by atoms with Gasteiger partial charge in [-0.15, -0.1) is 11.3 Å². The summed E-state index contributed by atoms with van der Waals surface area (Å²) in [5.74, 6) is 0.303. The molecule has 3 heteroatoms. The molecule has 0 spiro atoms. The molecule has 2 nitrogen and oxygen atoms in total. The van der Waals surface area contributed by atoms with Crippen LogP contribution in [0, 0.1) is 0 Å². The Balaban J connectivity index is 1.79. The van der Waals surface area contributed by atoms with Gasteiger partial charge < -0.3 is 5.11 Å². The van der Waals surface area contributed by atoms with Crippen molar-refractivity contribution in [3.05, 3.63) is 72.8 Å². The van der Waals surface area contributed by atoms with Crippen LogP contribution < -0.4 is 0 Å². The van der Waals surface area contributed by atoms with Crippen molar-refractivity contribution in [3.8, 4) is 16.3 Å². The molecule has 0 aliphatic rings. The molecule has 0 saturated heterocycles. The average molecular weight is 327 g/mol. The molecule has 114 valence electrons. The molecule has 0 fully saturated rings. The lowest BCUT2D eigenvalue weighted by Crippen LogP contribution is -1.82. The number of fused-ring (bicyclic) bond motifs is 3. The Hall–Kier alpha value is -2.91. The molecule has 0 atom stereocenters. The quantitative estimate of drug-likeness (QED) is 0.384. The molecular formula is C21H13NOS. The number of aromatic hydroxyl groups is 1. The number of rotatable bonds is 1. The third-order valence-electron chi connectivity index (χ3n) is 4.38. The molecule has 0 saturated carbocycles. The van der Waals surface area contributed by atoms with Gasteiger partial charge in [0.1, 0.15) is 10.8 Å². The van der Waals surface area contributed by atoms with Gasteiger partial charge in [0.2, 0.25) is 0 Å². The van der Waals surface area contributed by atoms with Crippen LogP contribution in [0.15, 0.2) is 72.8 Å². The van der Waals surface area contributed by atoms with E-state index in [-0.39, 0.29) is 0 Å². The van der Waals surface area contributed by atoms with Crippen LogP contribution in [-0.4, -0.2) is 10.1 Å². The third kappa shape index (κ3) is 1.99. The van der Waals surface area contributed by atoms with Gasteiger partial charge in [-0.1, -0.05) is 42.5 Å². The van der Waals surface area contributed by atoms with Crippen molar-refractivity contribution in [2.45, 2.75) is 0 Å². The Kier molecular flexibility index (Phi) is 2.84. The number of para-hydroxylation sites is 1. The van der Waals surface area contributed by atoms with Crippen molar-refractivity contribution in [2.75, 3.05) is 0 Å². The minimum Gasteiger partial charge on any atom is -0.507 e. The van der Waals surface area contributed by atoms with Crippen LogP contribution in [0.1, 0.15) is 0 Å². The van der Waals surface area contributed by atoms with E-state index in [0.29, 0.717) is 5.75 Å².